The van der Waals surface area contributed by atoms with E-state index in [1.54, 1.807) is 24.3 Å². The molecule has 1 rings (SSSR count). The highest BCUT2D eigenvalue weighted by Crippen LogP contribution is 2.06. The second-order valence-corrected chi connectivity index (χ2v) is 3.76. The summed E-state index contributed by atoms with van der Waals surface area (Å²) in [5.74, 6) is -0.488. The first-order valence-electron chi connectivity index (χ1n) is 5.52. The van der Waals surface area contributed by atoms with Gasteiger partial charge >= 0.3 is 0 Å². The molecule has 0 bridgehead atoms. The summed E-state index contributed by atoms with van der Waals surface area (Å²) in [4.78, 5) is 11.4. The van der Waals surface area contributed by atoms with E-state index in [0.717, 1.165) is 0 Å². The third kappa shape index (κ3) is 4.36. The quantitative estimate of drug-likeness (QED) is 0.733. The number of hydrogen-bond acceptors (Lipinski definition) is 2. The predicted molar refractivity (Wildman–Crippen MR) is 65.9 cm³/mol. The maximum Gasteiger partial charge on any atom is 0.237 e. The molecular formula is C13H17FN2O. The van der Waals surface area contributed by atoms with Gasteiger partial charge in [0.25, 0.3) is 0 Å². The van der Waals surface area contributed by atoms with Crippen molar-refractivity contribution in [3.63, 3.8) is 0 Å². The van der Waals surface area contributed by atoms with Gasteiger partial charge in [-0.1, -0.05) is 24.3 Å². The van der Waals surface area contributed by atoms with Crippen LogP contribution in [-0.2, 0) is 11.2 Å². The van der Waals surface area contributed by atoms with Crippen molar-refractivity contribution in [3.8, 4) is 0 Å². The zero-order valence-electron chi connectivity index (χ0n) is 9.66. The van der Waals surface area contributed by atoms with E-state index < -0.39 is 6.04 Å². The molecule has 17 heavy (non-hydrogen) atoms. The molecule has 3 N–H and O–H groups in total. The highest BCUT2D eigenvalue weighted by atomic mass is 19.1. The molecule has 0 heterocycles. The molecule has 0 aliphatic carbocycles. The van der Waals surface area contributed by atoms with Gasteiger partial charge in [-0.2, -0.15) is 0 Å². The molecule has 0 radical (unpaired) electrons. The zero-order chi connectivity index (χ0) is 12.7. The van der Waals surface area contributed by atoms with Crippen molar-refractivity contribution in [2.24, 2.45) is 5.73 Å². The molecule has 0 fully saturated rings. The third-order valence-corrected chi connectivity index (χ3v) is 2.41. The van der Waals surface area contributed by atoms with Crippen molar-refractivity contribution in [3.05, 3.63) is 48.3 Å². The average Bonchev–Trinajstić information content (AvgIpc) is 2.31. The second-order valence-electron chi connectivity index (χ2n) is 3.76. The first kappa shape index (κ1) is 13.4. The minimum absolute atomic E-state index is 0.235. The monoisotopic (exact) mass is 236 g/mol. The first-order valence-corrected chi connectivity index (χ1v) is 5.52. The lowest BCUT2D eigenvalue weighted by molar-refractivity contribution is -0.122. The highest BCUT2D eigenvalue weighted by Gasteiger charge is 2.10. The molecule has 0 aliphatic heterocycles. The summed E-state index contributed by atoms with van der Waals surface area (Å²) in [6, 6.07) is 5.93. The van der Waals surface area contributed by atoms with E-state index in [9.17, 15) is 9.18 Å². The van der Waals surface area contributed by atoms with Crippen LogP contribution in [0.15, 0.2) is 36.9 Å². The minimum atomic E-state index is -0.576. The van der Waals surface area contributed by atoms with Crippen LogP contribution in [0.1, 0.15) is 12.0 Å². The molecule has 4 heteroatoms. The van der Waals surface area contributed by atoms with Crippen LogP contribution in [0.3, 0.4) is 0 Å². The van der Waals surface area contributed by atoms with Crippen LogP contribution in [0.4, 0.5) is 4.39 Å². The Morgan fingerprint density at radius 3 is 2.88 bits per heavy atom. The molecule has 92 valence electrons. The van der Waals surface area contributed by atoms with E-state index in [0.29, 0.717) is 24.9 Å². The number of nitrogens with one attached hydrogen (secondary N) is 1. The molecule has 1 aromatic rings. The normalized spacial score (nSPS) is 11.9. The molecule has 3 nitrogen and oxygen atoms in total. The Labute approximate surface area is 101 Å². The standard InChI is InChI=1S/C13H17FN2O/c1-2-5-12(15)13(17)16-9-8-10-6-3-4-7-11(10)14/h2-4,6-7,12H,1,5,8-9,15H2,(H,16,17). The maximum atomic E-state index is 13.2. The number of carbonyl (C=O) groups excluding carboxylic acids is 1. The van der Waals surface area contributed by atoms with Crippen molar-refractivity contribution in [1.29, 1.82) is 0 Å². The number of hydrogen-bond donors (Lipinski definition) is 2. The van der Waals surface area contributed by atoms with E-state index in [1.165, 1.54) is 6.07 Å². The van der Waals surface area contributed by atoms with Crippen LogP contribution in [0.5, 0.6) is 0 Å². The van der Waals surface area contributed by atoms with Crippen molar-refractivity contribution in [2.75, 3.05) is 6.54 Å². The molecule has 0 saturated heterocycles. The Morgan fingerprint density at radius 2 is 2.24 bits per heavy atom. The molecule has 0 aliphatic rings. The first-order chi connectivity index (χ1) is 8.15. The predicted octanol–water partition coefficient (Wildman–Crippen LogP) is 1.39. The van der Waals surface area contributed by atoms with Gasteiger partial charge in [-0.15, -0.1) is 6.58 Å². The summed E-state index contributed by atoms with van der Waals surface area (Å²) >= 11 is 0. The summed E-state index contributed by atoms with van der Waals surface area (Å²) in [7, 11) is 0. The Balaban J connectivity index is 2.35. The van der Waals surface area contributed by atoms with E-state index in [-0.39, 0.29) is 11.7 Å². The fourth-order valence-electron chi connectivity index (χ4n) is 1.44. The van der Waals surface area contributed by atoms with Gasteiger partial charge in [-0.05, 0) is 24.5 Å². The number of carbonyl (C=O) groups is 1. The van der Waals surface area contributed by atoms with Gasteiger partial charge < -0.3 is 11.1 Å². The minimum Gasteiger partial charge on any atom is -0.354 e. The number of nitrogens with two attached hydrogens (primary N) is 1. The number of amides is 1. The third-order valence-electron chi connectivity index (χ3n) is 2.41. The van der Waals surface area contributed by atoms with E-state index in [4.69, 9.17) is 5.73 Å². The number of benzene rings is 1. The fraction of sp³-hybridized carbons (Fsp3) is 0.308. The Hall–Kier alpha value is -1.68. The number of rotatable bonds is 6. The van der Waals surface area contributed by atoms with E-state index >= 15 is 0 Å². The van der Waals surface area contributed by atoms with Gasteiger partial charge in [0.05, 0.1) is 6.04 Å². The molecule has 0 spiro atoms. The average molecular weight is 236 g/mol. The van der Waals surface area contributed by atoms with Gasteiger partial charge in [0.1, 0.15) is 5.82 Å². The van der Waals surface area contributed by atoms with E-state index in [1.807, 2.05) is 0 Å². The molecule has 1 amide bonds. The second kappa shape index (κ2) is 6.81. The van der Waals surface area contributed by atoms with Crippen LogP contribution < -0.4 is 11.1 Å². The van der Waals surface area contributed by atoms with Crippen molar-refractivity contribution in [1.82, 2.24) is 5.32 Å². The smallest absolute Gasteiger partial charge is 0.237 e. The maximum absolute atomic E-state index is 13.2. The SMILES string of the molecule is C=CCC(N)C(=O)NCCc1ccccc1F. The lowest BCUT2D eigenvalue weighted by Gasteiger charge is -2.10. The molecule has 0 aromatic heterocycles. The van der Waals surface area contributed by atoms with Gasteiger partial charge in [0.2, 0.25) is 5.91 Å². The van der Waals surface area contributed by atoms with Crippen LogP contribution in [0, 0.1) is 5.82 Å². The lowest BCUT2D eigenvalue weighted by atomic mass is 10.1. The van der Waals surface area contributed by atoms with Gasteiger partial charge in [0.15, 0.2) is 0 Å². The van der Waals surface area contributed by atoms with Crippen LogP contribution in [0.2, 0.25) is 0 Å². The Kier molecular flexibility index (Phi) is 5.36. The topological polar surface area (TPSA) is 55.1 Å². The highest BCUT2D eigenvalue weighted by molar-refractivity contribution is 5.81. The summed E-state index contributed by atoms with van der Waals surface area (Å²) in [5, 5.41) is 2.66. The fourth-order valence-corrected chi connectivity index (χ4v) is 1.44. The van der Waals surface area contributed by atoms with Gasteiger partial charge in [0, 0.05) is 6.54 Å². The molecule has 0 saturated carbocycles. The Morgan fingerprint density at radius 1 is 1.53 bits per heavy atom. The molecule has 1 aromatic carbocycles. The summed E-state index contributed by atoms with van der Waals surface area (Å²) in [6.45, 7) is 3.89. The molecular weight excluding hydrogens is 219 g/mol. The van der Waals surface area contributed by atoms with Gasteiger partial charge in [-0.3, -0.25) is 4.79 Å². The Bertz CT molecular complexity index is 393. The van der Waals surface area contributed by atoms with Gasteiger partial charge in [-0.25, -0.2) is 4.39 Å². The van der Waals surface area contributed by atoms with E-state index in [2.05, 4.69) is 11.9 Å². The largest absolute Gasteiger partial charge is 0.354 e. The lowest BCUT2D eigenvalue weighted by Crippen LogP contribution is -2.41. The summed E-state index contributed by atoms with van der Waals surface area (Å²) in [6.07, 6.45) is 2.49. The van der Waals surface area contributed by atoms with Crippen molar-refractivity contribution in [2.45, 2.75) is 18.9 Å². The van der Waals surface area contributed by atoms with Crippen molar-refractivity contribution >= 4 is 5.91 Å². The zero-order valence-corrected chi connectivity index (χ0v) is 9.66. The van der Waals surface area contributed by atoms with Crippen LogP contribution in [0.25, 0.3) is 0 Å². The number of halogens is 1. The summed E-state index contributed by atoms with van der Waals surface area (Å²) < 4.78 is 13.2. The summed E-state index contributed by atoms with van der Waals surface area (Å²) in [5.41, 5.74) is 6.17. The molecule has 1 atom stereocenters. The van der Waals surface area contributed by atoms with Crippen LogP contribution in [-0.4, -0.2) is 18.5 Å². The molecule has 1 unspecified atom stereocenters. The van der Waals surface area contributed by atoms with Crippen molar-refractivity contribution < 1.29 is 9.18 Å². The van der Waals surface area contributed by atoms with Crippen LogP contribution >= 0.6 is 0 Å².